The largest absolute Gasteiger partial charge is 0.483 e. The molecule has 0 saturated carbocycles. The van der Waals surface area contributed by atoms with E-state index in [1.165, 1.54) is 26.2 Å². The quantitative estimate of drug-likeness (QED) is 0.391. The number of nitrogens with two attached hydrogens (primary N) is 1. The summed E-state index contributed by atoms with van der Waals surface area (Å²) in [7, 11) is 1.38. The van der Waals surface area contributed by atoms with Gasteiger partial charge >= 0.3 is 0 Å². The molecule has 9 heteroatoms. The summed E-state index contributed by atoms with van der Waals surface area (Å²) in [5.41, 5.74) is 7.60. The second-order valence-electron chi connectivity index (χ2n) is 6.23. The van der Waals surface area contributed by atoms with Gasteiger partial charge in [0, 0.05) is 17.5 Å². The molecule has 0 spiro atoms. The maximum atomic E-state index is 13.5. The number of nitrogens with zero attached hydrogens (tertiary/aromatic N) is 2. The van der Waals surface area contributed by atoms with Gasteiger partial charge in [0.25, 0.3) is 12.3 Å². The number of allylic oxidation sites excluding steroid dienone is 2. The third-order valence-electron chi connectivity index (χ3n) is 3.58. The van der Waals surface area contributed by atoms with Crippen LogP contribution in [0.1, 0.15) is 26.3 Å². The highest BCUT2D eigenvalue weighted by Gasteiger charge is 2.13. The molecular weight excluding hydrogens is 385 g/mol. The minimum atomic E-state index is -2.62. The van der Waals surface area contributed by atoms with Crippen molar-refractivity contribution in [2.24, 2.45) is 15.7 Å². The zero-order valence-corrected chi connectivity index (χ0v) is 16.8. The number of hydrogen-bond donors (Lipinski definition) is 2. The Morgan fingerprint density at radius 3 is 2.52 bits per heavy atom. The lowest BCUT2D eigenvalue weighted by molar-refractivity contribution is -0.116. The molecule has 158 valence electrons. The van der Waals surface area contributed by atoms with Gasteiger partial charge in [0.2, 0.25) is 5.90 Å². The highest BCUT2D eigenvalue weighted by molar-refractivity contribution is 6.13. The molecule has 1 amide bonds. The standard InChI is InChI=1S/C20H25F3N4O2/c1-12(2)19(14-6-5-7-15(21)8-14)27-18(29-4)11-26-20(28)16(13(3)24)9-25-10-17(22)23/h5-9,17H,10-11,24H2,1-4H3,(H,26,28). The molecular formula is C20H25F3N4O2. The van der Waals surface area contributed by atoms with Gasteiger partial charge in [-0.1, -0.05) is 12.1 Å². The number of alkyl halides is 2. The van der Waals surface area contributed by atoms with Crippen molar-refractivity contribution in [1.29, 1.82) is 0 Å². The third kappa shape index (κ3) is 8.20. The number of rotatable bonds is 8. The molecule has 1 aromatic rings. The minimum absolute atomic E-state index is 0.0336. The summed E-state index contributed by atoms with van der Waals surface area (Å²) in [6.07, 6.45) is -1.61. The third-order valence-corrected chi connectivity index (χ3v) is 3.58. The van der Waals surface area contributed by atoms with Crippen molar-refractivity contribution < 1.29 is 22.7 Å². The van der Waals surface area contributed by atoms with Crippen LogP contribution in [-0.2, 0) is 9.53 Å². The predicted molar refractivity (Wildman–Crippen MR) is 108 cm³/mol. The molecule has 0 saturated heterocycles. The van der Waals surface area contributed by atoms with Crippen LogP contribution in [0.15, 0.2) is 51.1 Å². The van der Waals surface area contributed by atoms with E-state index in [9.17, 15) is 18.0 Å². The van der Waals surface area contributed by atoms with Crippen LogP contribution >= 0.6 is 0 Å². The van der Waals surface area contributed by atoms with Crippen molar-refractivity contribution in [2.45, 2.75) is 27.2 Å². The fourth-order valence-corrected chi connectivity index (χ4v) is 2.20. The van der Waals surface area contributed by atoms with E-state index in [4.69, 9.17) is 10.5 Å². The summed E-state index contributed by atoms with van der Waals surface area (Å²) >= 11 is 0. The van der Waals surface area contributed by atoms with E-state index in [1.54, 1.807) is 12.1 Å². The van der Waals surface area contributed by atoms with Gasteiger partial charge in [-0.25, -0.2) is 18.2 Å². The van der Waals surface area contributed by atoms with Crippen LogP contribution in [0.4, 0.5) is 13.2 Å². The monoisotopic (exact) mass is 410 g/mol. The molecule has 0 aromatic heterocycles. The lowest BCUT2D eigenvalue weighted by Gasteiger charge is -2.11. The normalized spacial score (nSPS) is 12.8. The van der Waals surface area contributed by atoms with Crippen LogP contribution in [0.2, 0.25) is 0 Å². The van der Waals surface area contributed by atoms with Crippen molar-refractivity contribution in [3.8, 4) is 0 Å². The van der Waals surface area contributed by atoms with Crippen molar-refractivity contribution in [3.05, 3.63) is 52.5 Å². The highest BCUT2D eigenvalue weighted by Crippen LogP contribution is 2.21. The van der Waals surface area contributed by atoms with E-state index in [0.29, 0.717) is 11.3 Å². The molecule has 0 aliphatic heterocycles. The lowest BCUT2D eigenvalue weighted by atomic mass is 10.1. The summed E-state index contributed by atoms with van der Waals surface area (Å²) < 4.78 is 43.2. The Bertz CT molecular complexity index is 838. The smallest absolute Gasteiger partial charge is 0.257 e. The number of methoxy groups -OCH3 is 1. The Labute approximate surface area is 168 Å². The highest BCUT2D eigenvalue weighted by atomic mass is 19.3. The first-order chi connectivity index (χ1) is 13.6. The zero-order valence-electron chi connectivity index (χ0n) is 16.8. The lowest BCUT2D eigenvalue weighted by Crippen LogP contribution is -2.33. The van der Waals surface area contributed by atoms with Crippen LogP contribution in [0.5, 0.6) is 0 Å². The Kier molecular flexibility index (Phi) is 9.64. The van der Waals surface area contributed by atoms with Gasteiger partial charge in [0.1, 0.15) is 5.82 Å². The number of hydrogen-bond acceptors (Lipinski definition) is 5. The van der Waals surface area contributed by atoms with Crippen LogP contribution in [-0.4, -0.2) is 44.6 Å². The second kappa shape index (κ2) is 11.7. The topological polar surface area (TPSA) is 89.1 Å². The SMILES string of the molecule is COC(CNC(=O)C(C=NCC(F)F)=C(C)N)=NC(=C(C)C)c1cccc(F)c1. The minimum Gasteiger partial charge on any atom is -0.483 e. The molecule has 0 aliphatic rings. The molecule has 0 bridgehead atoms. The molecule has 0 aliphatic carbocycles. The van der Waals surface area contributed by atoms with E-state index in [1.807, 2.05) is 13.8 Å². The summed E-state index contributed by atoms with van der Waals surface area (Å²) in [5, 5.41) is 2.55. The average Bonchev–Trinajstić information content (AvgIpc) is 2.64. The molecule has 0 radical (unpaired) electrons. The van der Waals surface area contributed by atoms with Crippen molar-refractivity contribution in [2.75, 3.05) is 20.2 Å². The number of carbonyl (C=O) groups is 1. The molecule has 1 rings (SSSR count). The Morgan fingerprint density at radius 1 is 1.31 bits per heavy atom. The molecule has 1 aromatic carbocycles. The number of carbonyl (C=O) groups excluding carboxylic acids is 1. The van der Waals surface area contributed by atoms with Gasteiger partial charge in [-0.2, -0.15) is 0 Å². The van der Waals surface area contributed by atoms with Crippen LogP contribution < -0.4 is 11.1 Å². The molecule has 29 heavy (non-hydrogen) atoms. The maximum Gasteiger partial charge on any atom is 0.257 e. The van der Waals surface area contributed by atoms with E-state index >= 15 is 0 Å². The van der Waals surface area contributed by atoms with Gasteiger partial charge < -0.3 is 15.8 Å². The van der Waals surface area contributed by atoms with Crippen LogP contribution in [0.25, 0.3) is 5.70 Å². The number of benzene rings is 1. The van der Waals surface area contributed by atoms with Crippen LogP contribution in [0.3, 0.4) is 0 Å². The fraction of sp³-hybridized carbons (Fsp3) is 0.350. The average molecular weight is 410 g/mol. The number of halogens is 3. The van der Waals surface area contributed by atoms with Gasteiger partial charge in [0.15, 0.2) is 0 Å². The summed E-state index contributed by atoms with van der Waals surface area (Å²) in [4.78, 5) is 20.2. The maximum absolute atomic E-state index is 13.5. The van der Waals surface area contributed by atoms with Gasteiger partial charge in [-0.05, 0) is 38.5 Å². The van der Waals surface area contributed by atoms with E-state index in [2.05, 4.69) is 15.3 Å². The summed E-state index contributed by atoms with van der Waals surface area (Å²) in [6, 6.07) is 5.94. The Hall–Kier alpha value is -3.10. The fourth-order valence-electron chi connectivity index (χ4n) is 2.20. The van der Waals surface area contributed by atoms with Gasteiger partial charge in [0.05, 0.1) is 31.5 Å². The molecule has 0 unspecified atom stereocenters. The zero-order chi connectivity index (χ0) is 22.0. The van der Waals surface area contributed by atoms with Crippen LogP contribution in [0, 0.1) is 5.82 Å². The number of amides is 1. The van der Waals surface area contributed by atoms with E-state index in [-0.39, 0.29) is 23.7 Å². The van der Waals surface area contributed by atoms with Crippen molar-refractivity contribution in [1.82, 2.24) is 5.32 Å². The first-order valence-corrected chi connectivity index (χ1v) is 8.73. The first kappa shape index (κ1) is 23.9. The predicted octanol–water partition coefficient (Wildman–Crippen LogP) is 3.31. The van der Waals surface area contributed by atoms with Crippen molar-refractivity contribution in [3.63, 3.8) is 0 Å². The molecule has 0 atom stereocenters. The molecule has 0 heterocycles. The summed E-state index contributed by atoms with van der Waals surface area (Å²) in [6.45, 7) is 4.26. The van der Waals surface area contributed by atoms with E-state index < -0.39 is 24.7 Å². The van der Waals surface area contributed by atoms with Gasteiger partial charge in [-0.3, -0.25) is 9.79 Å². The first-order valence-electron chi connectivity index (χ1n) is 8.73. The second-order valence-corrected chi connectivity index (χ2v) is 6.23. The molecule has 3 N–H and O–H groups in total. The number of nitrogens with one attached hydrogen (secondary N) is 1. The van der Waals surface area contributed by atoms with E-state index in [0.717, 1.165) is 11.8 Å². The Balaban J connectivity index is 2.98. The summed E-state index contributed by atoms with van der Waals surface area (Å²) in [5.74, 6) is -0.852. The molecule has 6 nitrogen and oxygen atoms in total. The van der Waals surface area contributed by atoms with Crippen molar-refractivity contribution >= 4 is 23.7 Å². The number of aliphatic imine (C=N–C) groups is 2. The number of ether oxygens (including phenoxy) is 1. The molecule has 0 fully saturated rings. The Morgan fingerprint density at radius 2 is 2.00 bits per heavy atom. The van der Waals surface area contributed by atoms with Gasteiger partial charge in [-0.15, -0.1) is 0 Å².